The third-order valence-electron chi connectivity index (χ3n) is 3.24. The predicted molar refractivity (Wildman–Crippen MR) is 117 cm³/mol. The summed E-state index contributed by atoms with van der Waals surface area (Å²) in [6.45, 7) is 10.5. The van der Waals surface area contributed by atoms with E-state index in [9.17, 15) is 0 Å². The van der Waals surface area contributed by atoms with Crippen LogP contribution < -0.4 is 20.1 Å². The number of ether oxygens (including phenoxy) is 2. The molecule has 0 aliphatic carbocycles. The first-order chi connectivity index (χ1) is 11.0. The molecule has 0 spiro atoms. The van der Waals surface area contributed by atoms with E-state index in [4.69, 9.17) is 9.47 Å². The number of guanidine groups is 1. The van der Waals surface area contributed by atoms with Gasteiger partial charge in [0.25, 0.3) is 0 Å². The fourth-order valence-electron chi connectivity index (χ4n) is 1.80. The summed E-state index contributed by atoms with van der Waals surface area (Å²) < 4.78 is 11.0. The maximum absolute atomic E-state index is 5.61. The molecule has 0 fully saturated rings. The summed E-state index contributed by atoms with van der Waals surface area (Å²) in [5.41, 5.74) is 0.913. The van der Waals surface area contributed by atoms with E-state index in [-0.39, 0.29) is 28.7 Å². The van der Waals surface area contributed by atoms with Crippen molar-refractivity contribution < 1.29 is 9.47 Å². The number of thioether (sulfide) groups is 1. The van der Waals surface area contributed by atoms with Crippen molar-refractivity contribution in [1.29, 1.82) is 0 Å². The molecular formula is C17H30IN3O2S. The Morgan fingerprint density at radius 1 is 1.25 bits per heavy atom. The van der Waals surface area contributed by atoms with E-state index in [1.807, 2.05) is 36.9 Å². The lowest BCUT2D eigenvalue weighted by atomic mass is 10.2. The second kappa shape index (κ2) is 11.7. The summed E-state index contributed by atoms with van der Waals surface area (Å²) in [5, 5.41) is 6.59. The molecule has 0 saturated carbocycles. The number of methoxy groups -OCH3 is 1. The van der Waals surface area contributed by atoms with E-state index in [2.05, 4.69) is 42.7 Å². The number of nitrogens with zero attached hydrogens (tertiary/aromatic N) is 1. The van der Waals surface area contributed by atoms with Gasteiger partial charge >= 0.3 is 0 Å². The molecule has 1 aromatic rings. The van der Waals surface area contributed by atoms with Crippen LogP contribution in [0.2, 0.25) is 0 Å². The van der Waals surface area contributed by atoms with E-state index < -0.39 is 0 Å². The topological polar surface area (TPSA) is 54.9 Å². The Morgan fingerprint density at radius 2 is 1.96 bits per heavy atom. The van der Waals surface area contributed by atoms with E-state index in [1.165, 1.54) is 0 Å². The van der Waals surface area contributed by atoms with Gasteiger partial charge in [0.1, 0.15) is 0 Å². The molecule has 0 radical (unpaired) electrons. The third kappa shape index (κ3) is 7.83. The summed E-state index contributed by atoms with van der Waals surface area (Å²) in [4.78, 5) is 4.67. The molecule has 0 bridgehead atoms. The Hall–Kier alpha value is -0.830. The van der Waals surface area contributed by atoms with Gasteiger partial charge in [-0.15, -0.1) is 24.0 Å². The summed E-state index contributed by atoms with van der Waals surface area (Å²) in [5.74, 6) is 2.21. The second-order valence-electron chi connectivity index (χ2n) is 5.58. The summed E-state index contributed by atoms with van der Waals surface area (Å²) >= 11 is 1.81. The third-order valence-corrected chi connectivity index (χ3v) is 4.48. The Kier molecular flexibility index (Phi) is 11.3. The minimum atomic E-state index is 0. The van der Waals surface area contributed by atoms with Crippen LogP contribution in [-0.2, 0) is 0 Å². The van der Waals surface area contributed by atoms with Gasteiger partial charge in [-0.25, -0.2) is 0 Å². The fraction of sp³-hybridized carbons (Fsp3) is 0.588. The number of hydrogen-bond acceptors (Lipinski definition) is 4. The normalized spacial score (nSPS) is 11.5. The summed E-state index contributed by atoms with van der Waals surface area (Å²) in [6.07, 6.45) is 2.10. The highest BCUT2D eigenvalue weighted by atomic mass is 127. The van der Waals surface area contributed by atoms with Crippen molar-refractivity contribution in [2.45, 2.75) is 32.4 Å². The van der Waals surface area contributed by atoms with Gasteiger partial charge in [-0.2, -0.15) is 11.8 Å². The van der Waals surface area contributed by atoms with Gasteiger partial charge in [0.05, 0.1) is 20.3 Å². The highest BCUT2D eigenvalue weighted by Gasteiger charge is 2.15. The number of hydrogen-bond donors (Lipinski definition) is 2. The Morgan fingerprint density at radius 3 is 2.50 bits per heavy atom. The lowest BCUT2D eigenvalue weighted by molar-refractivity contribution is 0.311. The van der Waals surface area contributed by atoms with Crippen molar-refractivity contribution in [3.63, 3.8) is 0 Å². The smallest absolute Gasteiger partial charge is 0.195 e. The van der Waals surface area contributed by atoms with Gasteiger partial charge in [0, 0.05) is 23.0 Å². The molecule has 0 amide bonds. The molecule has 138 valence electrons. The van der Waals surface area contributed by atoms with Crippen LogP contribution in [0.25, 0.3) is 0 Å². The first-order valence-electron chi connectivity index (χ1n) is 7.87. The monoisotopic (exact) mass is 467 g/mol. The van der Waals surface area contributed by atoms with Crippen molar-refractivity contribution >= 4 is 47.4 Å². The first kappa shape index (κ1) is 23.2. The van der Waals surface area contributed by atoms with Crippen LogP contribution in [0, 0.1) is 0 Å². The Balaban J connectivity index is 0.00000529. The molecule has 0 aromatic heterocycles. The number of anilines is 1. The maximum atomic E-state index is 5.61. The van der Waals surface area contributed by atoms with Crippen LogP contribution in [0.15, 0.2) is 23.2 Å². The zero-order valence-corrected chi connectivity index (χ0v) is 18.6. The van der Waals surface area contributed by atoms with Crippen LogP contribution in [0.1, 0.15) is 27.7 Å². The van der Waals surface area contributed by atoms with E-state index in [0.29, 0.717) is 6.61 Å². The number of benzene rings is 1. The predicted octanol–water partition coefficient (Wildman–Crippen LogP) is 4.23. The van der Waals surface area contributed by atoms with E-state index in [1.54, 1.807) is 7.11 Å². The van der Waals surface area contributed by atoms with Crippen LogP contribution in [0.3, 0.4) is 0 Å². The van der Waals surface area contributed by atoms with Crippen LogP contribution in [-0.4, -0.2) is 43.8 Å². The van der Waals surface area contributed by atoms with Gasteiger partial charge in [-0.1, -0.05) is 0 Å². The first-order valence-corrected chi connectivity index (χ1v) is 9.09. The molecule has 7 heteroatoms. The molecular weight excluding hydrogens is 437 g/mol. The lowest BCUT2D eigenvalue weighted by Gasteiger charge is -2.20. The van der Waals surface area contributed by atoms with E-state index >= 15 is 0 Å². The fourth-order valence-corrected chi connectivity index (χ4v) is 1.99. The summed E-state index contributed by atoms with van der Waals surface area (Å²) in [7, 11) is 1.64. The second-order valence-corrected chi connectivity index (χ2v) is 7.10. The average molecular weight is 467 g/mol. The van der Waals surface area contributed by atoms with Crippen molar-refractivity contribution in [2.24, 2.45) is 4.99 Å². The molecule has 1 rings (SSSR count). The molecule has 5 nitrogen and oxygen atoms in total. The van der Waals surface area contributed by atoms with Gasteiger partial charge in [-0.05, 0) is 46.1 Å². The van der Waals surface area contributed by atoms with Gasteiger partial charge in [0.2, 0.25) is 0 Å². The standard InChI is InChI=1S/C17H29N3O2S.HI/c1-7-18-16(19-12-17(3,4)23-6)20-13-9-10-14(21-5)15(11-13)22-8-2;/h9-11H,7-8,12H2,1-6H3,(H2,18,19,20);1H. The van der Waals surface area contributed by atoms with Crippen molar-refractivity contribution in [3.8, 4) is 11.5 Å². The number of rotatable bonds is 8. The number of aliphatic imine (C=N–C) groups is 1. The van der Waals surface area contributed by atoms with Gasteiger partial charge in [-0.3, -0.25) is 4.99 Å². The molecule has 1 aromatic carbocycles. The SMILES string of the molecule is CCNC(=NCC(C)(C)SC)Nc1ccc(OC)c(OCC)c1.I. The molecule has 0 atom stereocenters. The molecule has 24 heavy (non-hydrogen) atoms. The molecule has 0 unspecified atom stereocenters. The average Bonchev–Trinajstić information content (AvgIpc) is 2.53. The van der Waals surface area contributed by atoms with Crippen LogP contribution in [0.5, 0.6) is 11.5 Å². The minimum Gasteiger partial charge on any atom is -0.493 e. The number of nitrogens with one attached hydrogen (secondary N) is 2. The van der Waals surface area contributed by atoms with E-state index in [0.717, 1.165) is 36.2 Å². The van der Waals surface area contributed by atoms with Crippen LogP contribution in [0.4, 0.5) is 5.69 Å². The largest absolute Gasteiger partial charge is 0.493 e. The van der Waals surface area contributed by atoms with Gasteiger partial charge < -0.3 is 20.1 Å². The zero-order valence-electron chi connectivity index (χ0n) is 15.4. The molecule has 0 saturated heterocycles. The van der Waals surface area contributed by atoms with Crippen molar-refractivity contribution in [1.82, 2.24) is 5.32 Å². The summed E-state index contributed by atoms with van der Waals surface area (Å²) in [6, 6.07) is 5.77. The van der Waals surface area contributed by atoms with Crippen LogP contribution >= 0.6 is 35.7 Å². The quantitative estimate of drug-likeness (QED) is 0.341. The number of halogens is 1. The Labute approximate surface area is 167 Å². The van der Waals surface area contributed by atoms with Crippen molar-refractivity contribution in [3.05, 3.63) is 18.2 Å². The van der Waals surface area contributed by atoms with Crippen molar-refractivity contribution in [2.75, 3.05) is 38.4 Å². The molecule has 0 heterocycles. The maximum Gasteiger partial charge on any atom is 0.195 e. The van der Waals surface area contributed by atoms with Gasteiger partial charge in [0.15, 0.2) is 17.5 Å². The highest BCUT2D eigenvalue weighted by Crippen LogP contribution is 2.30. The lowest BCUT2D eigenvalue weighted by Crippen LogP contribution is -2.32. The Bertz CT molecular complexity index is 525. The molecule has 0 aliphatic heterocycles. The zero-order chi connectivity index (χ0) is 17.3. The minimum absolute atomic E-state index is 0. The molecule has 0 aliphatic rings. The molecule has 2 N–H and O–H groups in total. The highest BCUT2D eigenvalue weighted by molar-refractivity contribution is 14.0.